The lowest BCUT2D eigenvalue weighted by Gasteiger charge is -2.23. The Kier molecular flexibility index (Phi) is 7.02. The van der Waals surface area contributed by atoms with Gasteiger partial charge in [0.05, 0.1) is 18.1 Å². The first-order valence-corrected chi connectivity index (χ1v) is 7.10. The molecule has 0 spiro atoms. The minimum absolute atomic E-state index is 0.120. The van der Waals surface area contributed by atoms with E-state index in [1.807, 2.05) is 6.92 Å². The van der Waals surface area contributed by atoms with Crippen molar-refractivity contribution in [1.29, 1.82) is 0 Å². The van der Waals surface area contributed by atoms with E-state index in [0.29, 0.717) is 23.9 Å². The Bertz CT molecular complexity index is 492. The van der Waals surface area contributed by atoms with Gasteiger partial charge in [0, 0.05) is 13.1 Å². The fraction of sp³-hybridized carbons (Fsp3) is 0.467. The van der Waals surface area contributed by atoms with Gasteiger partial charge in [-0.3, -0.25) is 9.59 Å². The van der Waals surface area contributed by atoms with Gasteiger partial charge in [-0.05, 0) is 19.1 Å². The number of nitrogens with zero attached hydrogens (tertiary/aromatic N) is 1. The predicted octanol–water partition coefficient (Wildman–Crippen LogP) is 2.38. The molecule has 6 heteroatoms. The molecule has 0 aromatic heterocycles. The Labute approximate surface area is 129 Å². The molecule has 0 heterocycles. The van der Waals surface area contributed by atoms with Gasteiger partial charge < -0.3 is 14.4 Å². The SMILES string of the molecule is CCN(CC(C)C(=O)OC)C(=O)COc1ccccc1Cl. The standard InChI is InChI=1S/C15H20ClNO4/c1-4-17(9-11(2)15(19)20-3)14(18)10-21-13-8-6-5-7-12(13)16/h5-8,11H,4,9-10H2,1-3H3. The second-order valence-corrected chi connectivity index (χ2v) is 4.98. The molecule has 1 amide bonds. The molecule has 1 atom stereocenters. The Morgan fingerprint density at radius 1 is 1.33 bits per heavy atom. The zero-order valence-electron chi connectivity index (χ0n) is 12.5. The molecule has 1 unspecified atom stereocenters. The van der Waals surface area contributed by atoms with Gasteiger partial charge in [-0.1, -0.05) is 30.7 Å². The summed E-state index contributed by atoms with van der Waals surface area (Å²) in [6.07, 6.45) is 0. The van der Waals surface area contributed by atoms with Crippen molar-refractivity contribution < 1.29 is 19.1 Å². The summed E-state index contributed by atoms with van der Waals surface area (Å²) in [6, 6.07) is 6.96. The van der Waals surface area contributed by atoms with Crippen molar-refractivity contribution in [2.45, 2.75) is 13.8 Å². The highest BCUT2D eigenvalue weighted by Crippen LogP contribution is 2.23. The van der Waals surface area contributed by atoms with E-state index < -0.39 is 0 Å². The smallest absolute Gasteiger partial charge is 0.310 e. The van der Waals surface area contributed by atoms with Crippen molar-refractivity contribution in [2.75, 3.05) is 26.8 Å². The quantitative estimate of drug-likeness (QED) is 0.725. The molecule has 5 nitrogen and oxygen atoms in total. The summed E-state index contributed by atoms with van der Waals surface area (Å²) in [5, 5.41) is 0.455. The lowest BCUT2D eigenvalue weighted by Crippen LogP contribution is -2.39. The first-order valence-electron chi connectivity index (χ1n) is 6.72. The summed E-state index contributed by atoms with van der Waals surface area (Å²) in [5.74, 6) is -0.453. The molecule has 21 heavy (non-hydrogen) atoms. The molecule has 0 bridgehead atoms. The number of carbonyl (C=O) groups excluding carboxylic acids is 2. The number of ether oxygens (including phenoxy) is 2. The Hall–Kier alpha value is -1.75. The van der Waals surface area contributed by atoms with Gasteiger partial charge in [0.1, 0.15) is 5.75 Å². The number of likely N-dealkylation sites (N-methyl/N-ethyl adjacent to an activating group) is 1. The third-order valence-corrected chi connectivity index (χ3v) is 3.33. The zero-order chi connectivity index (χ0) is 15.8. The van der Waals surface area contributed by atoms with Crippen LogP contribution in [0.3, 0.4) is 0 Å². The second-order valence-electron chi connectivity index (χ2n) is 4.58. The lowest BCUT2D eigenvalue weighted by atomic mass is 10.1. The number of rotatable bonds is 7. The molecule has 1 aromatic carbocycles. The first-order chi connectivity index (χ1) is 9.99. The first kappa shape index (κ1) is 17.3. The third kappa shape index (κ3) is 5.27. The highest BCUT2D eigenvalue weighted by Gasteiger charge is 2.20. The number of hydrogen-bond acceptors (Lipinski definition) is 4. The van der Waals surface area contributed by atoms with E-state index in [0.717, 1.165) is 0 Å². The van der Waals surface area contributed by atoms with Crippen LogP contribution < -0.4 is 4.74 Å². The number of halogens is 1. The number of benzene rings is 1. The third-order valence-electron chi connectivity index (χ3n) is 3.02. The van der Waals surface area contributed by atoms with Crippen molar-refractivity contribution in [3.05, 3.63) is 29.3 Å². The molecule has 0 aliphatic heterocycles. The highest BCUT2D eigenvalue weighted by atomic mass is 35.5. The van der Waals surface area contributed by atoms with Crippen LogP contribution in [0.25, 0.3) is 0 Å². The fourth-order valence-electron chi connectivity index (χ4n) is 1.81. The van der Waals surface area contributed by atoms with E-state index in [2.05, 4.69) is 4.74 Å². The molecular formula is C15H20ClNO4. The molecular weight excluding hydrogens is 294 g/mol. The molecule has 0 aliphatic rings. The molecule has 1 aromatic rings. The summed E-state index contributed by atoms with van der Waals surface area (Å²) in [6.45, 7) is 4.24. The van der Waals surface area contributed by atoms with Gasteiger partial charge in [-0.25, -0.2) is 0 Å². The average molecular weight is 314 g/mol. The van der Waals surface area contributed by atoms with Gasteiger partial charge in [-0.15, -0.1) is 0 Å². The number of hydrogen-bond donors (Lipinski definition) is 0. The van der Waals surface area contributed by atoms with Crippen LogP contribution in [-0.4, -0.2) is 43.6 Å². The van der Waals surface area contributed by atoms with Crippen LogP contribution in [0.1, 0.15) is 13.8 Å². The maximum Gasteiger partial charge on any atom is 0.310 e. The Balaban J connectivity index is 2.56. The molecule has 0 fully saturated rings. The van der Waals surface area contributed by atoms with Crippen LogP contribution >= 0.6 is 11.6 Å². The van der Waals surface area contributed by atoms with Gasteiger partial charge in [0.2, 0.25) is 0 Å². The van der Waals surface area contributed by atoms with Gasteiger partial charge in [0.25, 0.3) is 5.91 Å². The molecule has 0 aliphatic carbocycles. The lowest BCUT2D eigenvalue weighted by molar-refractivity contribution is -0.146. The van der Waals surface area contributed by atoms with Crippen molar-refractivity contribution in [1.82, 2.24) is 4.90 Å². The minimum atomic E-state index is -0.376. The maximum absolute atomic E-state index is 12.1. The molecule has 0 N–H and O–H groups in total. The minimum Gasteiger partial charge on any atom is -0.482 e. The van der Waals surface area contributed by atoms with E-state index in [-0.39, 0.29) is 24.4 Å². The Morgan fingerprint density at radius 3 is 2.57 bits per heavy atom. The van der Waals surface area contributed by atoms with Crippen molar-refractivity contribution in [2.24, 2.45) is 5.92 Å². The number of para-hydroxylation sites is 1. The highest BCUT2D eigenvalue weighted by molar-refractivity contribution is 6.32. The van der Waals surface area contributed by atoms with Gasteiger partial charge in [-0.2, -0.15) is 0 Å². The van der Waals surface area contributed by atoms with Crippen molar-refractivity contribution in [3.63, 3.8) is 0 Å². The van der Waals surface area contributed by atoms with E-state index in [1.54, 1.807) is 36.1 Å². The van der Waals surface area contributed by atoms with Crippen molar-refractivity contribution >= 4 is 23.5 Å². The monoisotopic (exact) mass is 313 g/mol. The normalized spacial score (nSPS) is 11.6. The predicted molar refractivity (Wildman–Crippen MR) is 80.4 cm³/mol. The summed E-state index contributed by atoms with van der Waals surface area (Å²) in [5.41, 5.74) is 0. The van der Waals surface area contributed by atoms with Crippen LogP contribution in [-0.2, 0) is 14.3 Å². The van der Waals surface area contributed by atoms with E-state index in [1.165, 1.54) is 7.11 Å². The van der Waals surface area contributed by atoms with Crippen LogP contribution in [0, 0.1) is 5.92 Å². The number of methoxy groups -OCH3 is 1. The molecule has 0 saturated carbocycles. The molecule has 1 rings (SSSR count). The maximum atomic E-state index is 12.1. The van der Waals surface area contributed by atoms with Crippen LogP contribution in [0.15, 0.2) is 24.3 Å². The summed E-state index contributed by atoms with van der Waals surface area (Å²) in [4.78, 5) is 25.1. The number of esters is 1. The fourth-order valence-corrected chi connectivity index (χ4v) is 2.00. The molecule has 116 valence electrons. The zero-order valence-corrected chi connectivity index (χ0v) is 13.2. The Morgan fingerprint density at radius 2 is 2.00 bits per heavy atom. The summed E-state index contributed by atoms with van der Waals surface area (Å²) in [7, 11) is 1.33. The van der Waals surface area contributed by atoms with E-state index >= 15 is 0 Å². The van der Waals surface area contributed by atoms with E-state index in [4.69, 9.17) is 16.3 Å². The topological polar surface area (TPSA) is 55.8 Å². The van der Waals surface area contributed by atoms with Crippen LogP contribution in [0.4, 0.5) is 0 Å². The van der Waals surface area contributed by atoms with Gasteiger partial charge in [0.15, 0.2) is 6.61 Å². The van der Waals surface area contributed by atoms with E-state index in [9.17, 15) is 9.59 Å². The summed E-state index contributed by atoms with van der Waals surface area (Å²) < 4.78 is 10.1. The van der Waals surface area contributed by atoms with Gasteiger partial charge >= 0.3 is 5.97 Å². The van der Waals surface area contributed by atoms with Crippen LogP contribution in [0.2, 0.25) is 5.02 Å². The number of carbonyl (C=O) groups is 2. The van der Waals surface area contributed by atoms with Crippen molar-refractivity contribution in [3.8, 4) is 5.75 Å². The number of amides is 1. The van der Waals surface area contributed by atoms with Crippen LogP contribution in [0.5, 0.6) is 5.75 Å². The molecule has 0 radical (unpaired) electrons. The summed E-state index contributed by atoms with van der Waals surface area (Å²) >= 11 is 5.95. The molecule has 0 saturated heterocycles. The largest absolute Gasteiger partial charge is 0.482 e. The average Bonchev–Trinajstić information content (AvgIpc) is 2.50. The second kappa shape index (κ2) is 8.52.